The van der Waals surface area contributed by atoms with Crippen LogP contribution < -0.4 is 5.73 Å². The van der Waals surface area contributed by atoms with E-state index >= 15 is 0 Å². The van der Waals surface area contributed by atoms with Crippen LogP contribution in [0.2, 0.25) is 0 Å². The summed E-state index contributed by atoms with van der Waals surface area (Å²) in [6, 6.07) is 4.96. The highest BCUT2D eigenvalue weighted by Gasteiger charge is 2.18. The van der Waals surface area contributed by atoms with E-state index in [4.69, 9.17) is 5.73 Å². The van der Waals surface area contributed by atoms with E-state index in [2.05, 4.69) is 10.2 Å². The second-order valence-corrected chi connectivity index (χ2v) is 4.88. The molecule has 0 spiro atoms. The van der Waals surface area contributed by atoms with Gasteiger partial charge in [0.2, 0.25) is 0 Å². The van der Waals surface area contributed by atoms with E-state index < -0.39 is 4.92 Å². The fraction of sp³-hybridized carbons (Fsp3) is 0.273. The SMILES string of the molecule is Cc1ccc([N+](=O)[O-])c(-c2nnc(CCN)s2)c1. The van der Waals surface area contributed by atoms with Gasteiger partial charge in [-0.3, -0.25) is 10.1 Å². The van der Waals surface area contributed by atoms with E-state index in [0.29, 0.717) is 23.5 Å². The highest BCUT2D eigenvalue weighted by molar-refractivity contribution is 7.14. The Morgan fingerprint density at radius 1 is 1.44 bits per heavy atom. The zero-order valence-corrected chi connectivity index (χ0v) is 10.6. The molecule has 1 heterocycles. The first-order valence-electron chi connectivity index (χ1n) is 5.39. The van der Waals surface area contributed by atoms with Crippen molar-refractivity contribution in [1.82, 2.24) is 10.2 Å². The number of nitro benzene ring substituents is 1. The third-order valence-electron chi connectivity index (χ3n) is 2.40. The van der Waals surface area contributed by atoms with Crippen molar-refractivity contribution in [1.29, 1.82) is 0 Å². The molecule has 0 saturated heterocycles. The van der Waals surface area contributed by atoms with Crippen LogP contribution in [0.1, 0.15) is 10.6 Å². The largest absolute Gasteiger partial charge is 0.330 e. The lowest BCUT2D eigenvalue weighted by molar-refractivity contribution is -0.384. The van der Waals surface area contributed by atoms with Crippen molar-refractivity contribution in [2.45, 2.75) is 13.3 Å². The minimum atomic E-state index is -0.404. The van der Waals surface area contributed by atoms with Gasteiger partial charge in [-0.1, -0.05) is 17.4 Å². The molecule has 2 aromatic rings. The third-order valence-corrected chi connectivity index (χ3v) is 3.42. The molecule has 0 saturated carbocycles. The number of nitro groups is 1. The van der Waals surface area contributed by atoms with Crippen LogP contribution in [0.25, 0.3) is 10.6 Å². The molecule has 1 aromatic carbocycles. The van der Waals surface area contributed by atoms with Crippen molar-refractivity contribution in [3.8, 4) is 10.6 Å². The molecular formula is C11H12N4O2S. The van der Waals surface area contributed by atoms with Crippen molar-refractivity contribution in [3.63, 3.8) is 0 Å². The van der Waals surface area contributed by atoms with Crippen LogP contribution in [-0.4, -0.2) is 21.7 Å². The molecule has 2 rings (SSSR count). The first-order valence-corrected chi connectivity index (χ1v) is 6.21. The lowest BCUT2D eigenvalue weighted by Gasteiger charge is -1.99. The molecular weight excluding hydrogens is 252 g/mol. The summed E-state index contributed by atoms with van der Waals surface area (Å²) in [7, 11) is 0. The van der Waals surface area contributed by atoms with E-state index in [1.807, 2.05) is 6.92 Å². The lowest BCUT2D eigenvalue weighted by Crippen LogP contribution is -2.01. The van der Waals surface area contributed by atoms with Crippen LogP contribution in [0.5, 0.6) is 0 Å². The number of hydrogen-bond donors (Lipinski definition) is 1. The number of aromatic nitrogens is 2. The summed E-state index contributed by atoms with van der Waals surface area (Å²) in [6.45, 7) is 2.37. The molecule has 0 aliphatic heterocycles. The zero-order valence-electron chi connectivity index (χ0n) is 9.79. The number of nitrogens with two attached hydrogens (primary N) is 1. The lowest BCUT2D eigenvalue weighted by atomic mass is 10.1. The van der Waals surface area contributed by atoms with Crippen LogP contribution in [0.15, 0.2) is 18.2 Å². The molecule has 0 radical (unpaired) electrons. The average Bonchev–Trinajstić information content (AvgIpc) is 2.77. The molecule has 1 aromatic heterocycles. The first-order chi connectivity index (χ1) is 8.61. The van der Waals surface area contributed by atoms with Crippen LogP contribution in [0, 0.1) is 17.0 Å². The fourth-order valence-electron chi connectivity index (χ4n) is 1.57. The molecule has 94 valence electrons. The summed E-state index contributed by atoms with van der Waals surface area (Å²) >= 11 is 1.34. The summed E-state index contributed by atoms with van der Waals surface area (Å²) < 4.78 is 0. The van der Waals surface area contributed by atoms with Gasteiger partial charge in [0.25, 0.3) is 5.69 Å². The van der Waals surface area contributed by atoms with E-state index in [0.717, 1.165) is 10.6 Å². The molecule has 0 amide bonds. The molecule has 18 heavy (non-hydrogen) atoms. The predicted molar refractivity (Wildman–Crippen MR) is 69.5 cm³/mol. The Balaban J connectivity index is 2.47. The van der Waals surface area contributed by atoms with Crippen molar-refractivity contribution in [3.05, 3.63) is 38.9 Å². The maximum Gasteiger partial charge on any atom is 0.279 e. The third kappa shape index (κ3) is 2.52. The smallest absolute Gasteiger partial charge is 0.279 e. The topological polar surface area (TPSA) is 94.9 Å². The highest BCUT2D eigenvalue weighted by atomic mass is 32.1. The molecule has 0 atom stereocenters. The zero-order chi connectivity index (χ0) is 13.1. The van der Waals surface area contributed by atoms with Gasteiger partial charge in [0.05, 0.1) is 10.5 Å². The van der Waals surface area contributed by atoms with Gasteiger partial charge in [-0.2, -0.15) is 0 Å². The van der Waals surface area contributed by atoms with Crippen molar-refractivity contribution < 1.29 is 4.92 Å². The van der Waals surface area contributed by atoms with Gasteiger partial charge in [0.1, 0.15) is 5.01 Å². The second-order valence-electron chi connectivity index (χ2n) is 3.82. The Kier molecular flexibility index (Phi) is 3.63. The molecule has 2 N–H and O–H groups in total. The number of nitrogens with zero attached hydrogens (tertiary/aromatic N) is 3. The summed E-state index contributed by atoms with van der Waals surface area (Å²) in [4.78, 5) is 10.6. The van der Waals surface area contributed by atoms with Gasteiger partial charge < -0.3 is 5.73 Å². The number of benzene rings is 1. The summed E-state index contributed by atoms with van der Waals surface area (Å²) in [5.41, 5.74) is 6.96. The number of rotatable bonds is 4. The van der Waals surface area contributed by atoms with E-state index in [-0.39, 0.29) is 5.69 Å². The minimum Gasteiger partial charge on any atom is -0.330 e. The van der Waals surface area contributed by atoms with Gasteiger partial charge in [0, 0.05) is 12.5 Å². The Labute approximate surface area is 108 Å². The summed E-state index contributed by atoms with van der Waals surface area (Å²) in [6.07, 6.45) is 0.636. The van der Waals surface area contributed by atoms with Crippen LogP contribution in [0.3, 0.4) is 0 Å². The van der Waals surface area contributed by atoms with Gasteiger partial charge in [-0.15, -0.1) is 10.2 Å². The quantitative estimate of drug-likeness (QED) is 0.672. The monoisotopic (exact) mass is 264 g/mol. The maximum absolute atomic E-state index is 11.0. The Hall–Kier alpha value is -1.86. The summed E-state index contributed by atoms with van der Waals surface area (Å²) in [5.74, 6) is 0. The van der Waals surface area contributed by atoms with Crippen molar-refractivity contribution in [2.24, 2.45) is 5.73 Å². The number of aryl methyl sites for hydroxylation is 1. The van der Waals surface area contributed by atoms with E-state index in [1.54, 1.807) is 12.1 Å². The van der Waals surface area contributed by atoms with E-state index in [1.165, 1.54) is 17.4 Å². The normalized spacial score (nSPS) is 10.6. The minimum absolute atomic E-state index is 0.0519. The Morgan fingerprint density at radius 2 is 2.22 bits per heavy atom. The highest BCUT2D eigenvalue weighted by Crippen LogP contribution is 2.32. The summed E-state index contributed by atoms with van der Waals surface area (Å²) in [5, 5.41) is 20.3. The predicted octanol–water partition coefficient (Wildman–Crippen LogP) is 1.92. The van der Waals surface area contributed by atoms with Crippen molar-refractivity contribution >= 4 is 17.0 Å². The Bertz CT molecular complexity index is 582. The molecule has 0 unspecified atom stereocenters. The van der Waals surface area contributed by atoms with Gasteiger partial charge >= 0.3 is 0 Å². The molecule has 0 aliphatic rings. The molecule has 0 fully saturated rings. The van der Waals surface area contributed by atoms with Gasteiger partial charge in [-0.05, 0) is 25.1 Å². The van der Waals surface area contributed by atoms with E-state index in [9.17, 15) is 10.1 Å². The maximum atomic E-state index is 11.0. The molecule has 7 heteroatoms. The second kappa shape index (κ2) is 5.19. The standard InChI is InChI=1S/C11H12N4O2S/c1-7-2-3-9(15(16)17)8(6-7)11-14-13-10(18-11)4-5-12/h2-3,6H,4-5,12H2,1H3. The molecule has 6 nitrogen and oxygen atoms in total. The molecule has 0 bridgehead atoms. The van der Waals surface area contributed by atoms with Crippen LogP contribution in [-0.2, 0) is 6.42 Å². The fourth-order valence-corrected chi connectivity index (χ4v) is 2.45. The molecule has 0 aliphatic carbocycles. The van der Waals surface area contributed by atoms with Crippen LogP contribution >= 0.6 is 11.3 Å². The average molecular weight is 264 g/mol. The van der Waals surface area contributed by atoms with Gasteiger partial charge in [0.15, 0.2) is 5.01 Å². The first kappa shape index (κ1) is 12.6. The Morgan fingerprint density at radius 3 is 2.89 bits per heavy atom. The van der Waals surface area contributed by atoms with Gasteiger partial charge in [-0.25, -0.2) is 0 Å². The van der Waals surface area contributed by atoms with Crippen molar-refractivity contribution in [2.75, 3.05) is 6.54 Å². The van der Waals surface area contributed by atoms with Crippen LogP contribution in [0.4, 0.5) is 5.69 Å². The number of hydrogen-bond acceptors (Lipinski definition) is 6.